The number of ether oxygens (including phenoxy) is 1. The van der Waals surface area contributed by atoms with E-state index in [0.717, 1.165) is 28.3 Å². The van der Waals surface area contributed by atoms with Crippen molar-refractivity contribution < 1.29 is 9.53 Å². The fourth-order valence-electron chi connectivity index (χ4n) is 4.72. The summed E-state index contributed by atoms with van der Waals surface area (Å²) in [5.74, 6) is 0.365. The van der Waals surface area contributed by atoms with E-state index in [1.807, 2.05) is 31.2 Å². The Balaban J connectivity index is 1.66. The number of thiophene rings is 1. The van der Waals surface area contributed by atoms with Crippen molar-refractivity contribution in [2.24, 2.45) is 5.73 Å². The van der Waals surface area contributed by atoms with Crippen molar-refractivity contribution in [2.75, 3.05) is 18.9 Å². The maximum atomic E-state index is 11.6. The van der Waals surface area contributed by atoms with E-state index < -0.39 is 5.91 Å². The van der Waals surface area contributed by atoms with E-state index in [9.17, 15) is 4.79 Å². The summed E-state index contributed by atoms with van der Waals surface area (Å²) in [6.07, 6.45) is 3.73. The van der Waals surface area contributed by atoms with Crippen LogP contribution in [0.1, 0.15) is 62.9 Å². The molecule has 5 nitrogen and oxygen atoms in total. The van der Waals surface area contributed by atoms with Crippen LogP contribution in [0.2, 0.25) is 0 Å². The molecule has 2 heterocycles. The van der Waals surface area contributed by atoms with Crippen LogP contribution in [0, 0.1) is 6.92 Å². The van der Waals surface area contributed by atoms with Crippen molar-refractivity contribution >= 4 is 22.2 Å². The molecule has 0 saturated carbocycles. The summed E-state index contributed by atoms with van der Waals surface area (Å²) >= 11 is 1.39. The lowest BCUT2D eigenvalue weighted by Gasteiger charge is -2.53. The zero-order valence-corrected chi connectivity index (χ0v) is 19.0. The van der Waals surface area contributed by atoms with Crippen LogP contribution in [0.3, 0.4) is 0 Å². The molecule has 0 unspecified atom stereocenters. The number of hydrogen-bond acceptors (Lipinski definition) is 5. The normalized spacial score (nSPS) is 18.5. The van der Waals surface area contributed by atoms with Crippen LogP contribution in [-0.4, -0.2) is 35.0 Å². The number of anilines is 1. The standard InChI is InChI=1S/C23H33N3O2S/c1-15-18(20(24)27)21(25)29-19(15)16-7-9-17(10-8-16)28-14-13-26-22(2,3)11-6-12-23(26,4)5/h7-10H,6,11-14,25H2,1-5H3,(H2,24,27). The topological polar surface area (TPSA) is 81.6 Å². The molecule has 3 rings (SSSR count). The number of amides is 1. The fourth-order valence-corrected chi connectivity index (χ4v) is 5.81. The average molecular weight is 416 g/mol. The third-order valence-corrected chi connectivity index (χ3v) is 7.33. The minimum atomic E-state index is -0.481. The quantitative estimate of drug-likeness (QED) is 0.708. The summed E-state index contributed by atoms with van der Waals surface area (Å²) in [5, 5.41) is 0.470. The molecule has 0 aliphatic carbocycles. The Bertz CT molecular complexity index is 868. The first-order chi connectivity index (χ1) is 13.5. The van der Waals surface area contributed by atoms with Gasteiger partial charge in [0.05, 0.1) is 10.6 Å². The largest absolute Gasteiger partial charge is 0.492 e. The third kappa shape index (κ3) is 4.43. The highest BCUT2D eigenvalue weighted by Crippen LogP contribution is 2.39. The number of carbonyl (C=O) groups is 1. The Labute approximate surface area is 178 Å². The van der Waals surface area contributed by atoms with Crippen molar-refractivity contribution in [1.29, 1.82) is 0 Å². The maximum absolute atomic E-state index is 11.6. The van der Waals surface area contributed by atoms with E-state index in [1.54, 1.807) is 0 Å². The molecule has 1 aromatic carbocycles. The van der Waals surface area contributed by atoms with Crippen molar-refractivity contribution in [3.05, 3.63) is 35.4 Å². The smallest absolute Gasteiger partial charge is 0.251 e. The molecule has 1 aromatic heterocycles. The van der Waals surface area contributed by atoms with Crippen molar-refractivity contribution in [3.63, 3.8) is 0 Å². The second kappa shape index (κ2) is 8.00. The Morgan fingerprint density at radius 1 is 1.14 bits per heavy atom. The third-order valence-electron chi connectivity index (χ3n) is 6.16. The molecule has 0 atom stereocenters. The number of nitrogen functional groups attached to an aromatic ring is 1. The molecule has 1 aliphatic rings. The van der Waals surface area contributed by atoms with Gasteiger partial charge in [0, 0.05) is 22.5 Å². The van der Waals surface area contributed by atoms with Gasteiger partial charge >= 0.3 is 0 Å². The average Bonchev–Trinajstić information content (AvgIpc) is 2.92. The molecule has 0 bridgehead atoms. The number of carbonyl (C=O) groups excluding carboxylic acids is 1. The summed E-state index contributed by atoms with van der Waals surface area (Å²) in [7, 11) is 0. The predicted molar refractivity (Wildman–Crippen MR) is 122 cm³/mol. The molecule has 6 heteroatoms. The molecule has 1 fully saturated rings. The molecule has 4 N–H and O–H groups in total. The molecular formula is C23H33N3O2S. The predicted octanol–water partition coefficient (Wildman–Crippen LogP) is 4.83. The van der Waals surface area contributed by atoms with Crippen molar-refractivity contribution in [1.82, 2.24) is 4.90 Å². The maximum Gasteiger partial charge on any atom is 0.251 e. The van der Waals surface area contributed by atoms with E-state index in [-0.39, 0.29) is 11.1 Å². The van der Waals surface area contributed by atoms with Gasteiger partial charge in [-0.3, -0.25) is 9.69 Å². The molecule has 158 valence electrons. The number of primary amides is 1. The van der Waals surface area contributed by atoms with Crippen molar-refractivity contribution in [2.45, 2.75) is 65.0 Å². The van der Waals surface area contributed by atoms with Gasteiger partial charge in [0.1, 0.15) is 12.4 Å². The second-order valence-corrected chi connectivity index (χ2v) is 10.2. The SMILES string of the molecule is Cc1c(-c2ccc(OCCN3C(C)(C)CCCC3(C)C)cc2)sc(N)c1C(N)=O. The van der Waals surface area contributed by atoms with Gasteiger partial charge in [0.15, 0.2) is 0 Å². The van der Waals surface area contributed by atoms with Gasteiger partial charge < -0.3 is 16.2 Å². The highest BCUT2D eigenvalue weighted by Gasteiger charge is 2.40. The van der Waals surface area contributed by atoms with Crippen LogP contribution >= 0.6 is 11.3 Å². The Kier molecular flexibility index (Phi) is 5.97. The van der Waals surface area contributed by atoms with Crippen LogP contribution < -0.4 is 16.2 Å². The van der Waals surface area contributed by atoms with E-state index in [0.29, 0.717) is 17.2 Å². The Hall–Kier alpha value is -2.05. The summed E-state index contributed by atoms with van der Waals surface area (Å²) in [6.45, 7) is 12.8. The highest BCUT2D eigenvalue weighted by atomic mass is 32.1. The minimum absolute atomic E-state index is 0.198. The fraction of sp³-hybridized carbons (Fsp3) is 0.522. The molecule has 2 aromatic rings. The zero-order chi connectivity index (χ0) is 21.4. The van der Waals surface area contributed by atoms with Crippen LogP contribution in [-0.2, 0) is 0 Å². The van der Waals surface area contributed by atoms with Crippen LogP contribution in [0.15, 0.2) is 24.3 Å². The Morgan fingerprint density at radius 3 is 2.24 bits per heavy atom. The molecule has 1 aliphatic heterocycles. The summed E-state index contributed by atoms with van der Waals surface area (Å²) in [6, 6.07) is 7.96. The van der Waals surface area contributed by atoms with Crippen LogP contribution in [0.25, 0.3) is 10.4 Å². The van der Waals surface area contributed by atoms with Crippen molar-refractivity contribution in [3.8, 4) is 16.2 Å². The van der Waals surface area contributed by atoms with Crippen LogP contribution in [0.5, 0.6) is 5.75 Å². The lowest BCUT2D eigenvalue weighted by molar-refractivity contribution is -0.0340. The van der Waals surface area contributed by atoms with E-state index in [4.69, 9.17) is 16.2 Å². The zero-order valence-electron chi connectivity index (χ0n) is 18.2. The van der Waals surface area contributed by atoms with Crippen LogP contribution in [0.4, 0.5) is 5.00 Å². The van der Waals surface area contributed by atoms with Gasteiger partial charge in [0.25, 0.3) is 5.91 Å². The van der Waals surface area contributed by atoms with E-state index in [2.05, 4.69) is 32.6 Å². The first-order valence-corrected chi connectivity index (χ1v) is 11.0. The summed E-state index contributed by atoms with van der Waals surface area (Å²) in [4.78, 5) is 15.2. The van der Waals surface area contributed by atoms with Gasteiger partial charge in [-0.05, 0) is 89.3 Å². The number of nitrogens with zero attached hydrogens (tertiary/aromatic N) is 1. The number of nitrogens with two attached hydrogens (primary N) is 2. The number of hydrogen-bond donors (Lipinski definition) is 2. The lowest BCUT2D eigenvalue weighted by atomic mass is 9.80. The molecule has 1 saturated heterocycles. The molecular weight excluding hydrogens is 382 g/mol. The molecule has 0 spiro atoms. The first kappa shape index (κ1) is 21.7. The van der Waals surface area contributed by atoms with Gasteiger partial charge in [-0.25, -0.2) is 0 Å². The van der Waals surface area contributed by atoms with E-state index in [1.165, 1.54) is 30.6 Å². The highest BCUT2D eigenvalue weighted by molar-refractivity contribution is 7.19. The second-order valence-electron chi connectivity index (χ2n) is 9.16. The number of rotatable bonds is 6. The molecule has 0 radical (unpaired) electrons. The van der Waals surface area contributed by atoms with E-state index >= 15 is 0 Å². The van der Waals surface area contributed by atoms with Gasteiger partial charge in [-0.15, -0.1) is 11.3 Å². The number of piperidine rings is 1. The first-order valence-electron chi connectivity index (χ1n) is 10.2. The minimum Gasteiger partial charge on any atom is -0.492 e. The van der Waals surface area contributed by atoms with Gasteiger partial charge in [-0.2, -0.15) is 0 Å². The molecule has 1 amide bonds. The van der Waals surface area contributed by atoms with Gasteiger partial charge in [-0.1, -0.05) is 0 Å². The monoisotopic (exact) mass is 415 g/mol. The summed E-state index contributed by atoms with van der Waals surface area (Å²) < 4.78 is 6.05. The number of likely N-dealkylation sites (tertiary alicyclic amines) is 1. The number of benzene rings is 1. The molecule has 29 heavy (non-hydrogen) atoms. The lowest BCUT2D eigenvalue weighted by Crippen LogP contribution is -2.59. The van der Waals surface area contributed by atoms with Gasteiger partial charge in [0.2, 0.25) is 0 Å². The Morgan fingerprint density at radius 2 is 1.72 bits per heavy atom. The summed E-state index contributed by atoms with van der Waals surface area (Å²) in [5.41, 5.74) is 14.1.